The summed E-state index contributed by atoms with van der Waals surface area (Å²) in [4.78, 5) is 14.2. The number of carbonyl (C=O) groups excluding carboxylic acids is 1. The van der Waals surface area contributed by atoms with Gasteiger partial charge in [-0.3, -0.25) is 4.90 Å². The molecule has 4 heteroatoms. The Morgan fingerprint density at radius 3 is 2.82 bits per heavy atom. The lowest BCUT2D eigenvalue weighted by atomic mass is 9.98. The van der Waals surface area contributed by atoms with Gasteiger partial charge >= 0.3 is 5.97 Å². The molecule has 1 unspecified atom stereocenters. The van der Waals surface area contributed by atoms with Crippen LogP contribution in [0.15, 0.2) is 0 Å². The molecule has 1 aliphatic carbocycles. The van der Waals surface area contributed by atoms with E-state index in [1.807, 2.05) is 0 Å². The highest BCUT2D eigenvalue weighted by molar-refractivity contribution is 5.75. The summed E-state index contributed by atoms with van der Waals surface area (Å²) in [5, 5.41) is 0. The van der Waals surface area contributed by atoms with Crippen molar-refractivity contribution in [1.82, 2.24) is 4.90 Å². The molecule has 0 bridgehead atoms. The van der Waals surface area contributed by atoms with Crippen LogP contribution >= 0.6 is 0 Å². The van der Waals surface area contributed by atoms with Crippen molar-refractivity contribution in [3.63, 3.8) is 0 Å². The summed E-state index contributed by atoms with van der Waals surface area (Å²) >= 11 is 0. The molecule has 2 fully saturated rings. The molecular formula is C13H23NO3. The summed E-state index contributed by atoms with van der Waals surface area (Å²) in [6.45, 7) is 5.31. The molecule has 0 aromatic heterocycles. The Morgan fingerprint density at radius 2 is 2.12 bits per heavy atom. The molecule has 0 spiro atoms. The molecule has 0 N–H and O–H groups in total. The lowest BCUT2D eigenvalue weighted by Crippen LogP contribution is -2.47. The van der Waals surface area contributed by atoms with Gasteiger partial charge in [0, 0.05) is 13.1 Å². The molecular weight excluding hydrogens is 218 g/mol. The van der Waals surface area contributed by atoms with E-state index in [-0.39, 0.29) is 18.2 Å². The van der Waals surface area contributed by atoms with E-state index in [2.05, 4.69) is 11.8 Å². The van der Waals surface area contributed by atoms with Gasteiger partial charge in [-0.25, -0.2) is 4.79 Å². The first-order valence-electron chi connectivity index (χ1n) is 6.84. The topological polar surface area (TPSA) is 38.8 Å². The van der Waals surface area contributed by atoms with E-state index in [1.54, 1.807) is 0 Å². The van der Waals surface area contributed by atoms with Crippen molar-refractivity contribution in [2.24, 2.45) is 0 Å². The second-order valence-corrected chi connectivity index (χ2v) is 4.95. The second-order valence-electron chi connectivity index (χ2n) is 4.95. The fraction of sp³-hybridized carbons (Fsp3) is 0.923. The average molecular weight is 241 g/mol. The van der Waals surface area contributed by atoms with Crippen molar-refractivity contribution in [3.8, 4) is 0 Å². The standard InChI is InChI=1S/C13H23NO3/c1-2-14-8-9-16-12(10-14)13(15)17-11-6-4-3-5-7-11/h11-12H,2-10H2,1H3. The van der Waals surface area contributed by atoms with Gasteiger partial charge in [0.25, 0.3) is 0 Å². The lowest BCUT2D eigenvalue weighted by molar-refractivity contribution is -0.169. The average Bonchev–Trinajstić information content (AvgIpc) is 2.40. The van der Waals surface area contributed by atoms with Crippen LogP contribution in [0.2, 0.25) is 0 Å². The van der Waals surface area contributed by atoms with Crippen LogP contribution in [0.3, 0.4) is 0 Å². The largest absolute Gasteiger partial charge is 0.460 e. The molecule has 17 heavy (non-hydrogen) atoms. The van der Waals surface area contributed by atoms with E-state index < -0.39 is 0 Å². The molecule has 1 heterocycles. The van der Waals surface area contributed by atoms with Gasteiger partial charge in [0.05, 0.1) is 6.61 Å². The molecule has 98 valence electrons. The van der Waals surface area contributed by atoms with Gasteiger partial charge in [0.1, 0.15) is 6.10 Å². The number of nitrogens with zero attached hydrogens (tertiary/aromatic N) is 1. The van der Waals surface area contributed by atoms with Gasteiger partial charge in [0.15, 0.2) is 6.10 Å². The molecule has 2 aliphatic rings. The SMILES string of the molecule is CCN1CCOC(C(=O)OC2CCCCC2)C1. The predicted octanol–water partition coefficient (Wildman–Crippen LogP) is 1.58. The number of esters is 1. The van der Waals surface area contributed by atoms with E-state index in [9.17, 15) is 4.79 Å². The van der Waals surface area contributed by atoms with Crippen molar-refractivity contribution in [1.29, 1.82) is 0 Å². The quantitative estimate of drug-likeness (QED) is 0.703. The first-order valence-corrected chi connectivity index (χ1v) is 6.84. The van der Waals surface area contributed by atoms with Gasteiger partial charge in [-0.1, -0.05) is 13.3 Å². The minimum Gasteiger partial charge on any atom is -0.460 e. The smallest absolute Gasteiger partial charge is 0.336 e. The lowest BCUT2D eigenvalue weighted by Gasteiger charge is -2.32. The highest BCUT2D eigenvalue weighted by Gasteiger charge is 2.29. The third-order valence-corrected chi connectivity index (χ3v) is 3.70. The van der Waals surface area contributed by atoms with Crippen LogP contribution < -0.4 is 0 Å². The summed E-state index contributed by atoms with van der Waals surface area (Å²) in [5.41, 5.74) is 0. The van der Waals surface area contributed by atoms with Crippen molar-refractivity contribution in [2.75, 3.05) is 26.2 Å². The summed E-state index contributed by atoms with van der Waals surface area (Å²) in [6.07, 6.45) is 5.46. The maximum absolute atomic E-state index is 12.0. The van der Waals surface area contributed by atoms with Crippen LogP contribution in [0.5, 0.6) is 0 Å². The highest BCUT2D eigenvalue weighted by atomic mass is 16.6. The fourth-order valence-corrected chi connectivity index (χ4v) is 2.56. The number of morpholine rings is 1. The Kier molecular flexibility index (Phi) is 4.80. The van der Waals surface area contributed by atoms with Crippen LogP contribution in [-0.4, -0.2) is 49.3 Å². The summed E-state index contributed by atoms with van der Waals surface area (Å²) in [7, 11) is 0. The monoisotopic (exact) mass is 241 g/mol. The molecule has 1 atom stereocenters. The van der Waals surface area contributed by atoms with Crippen LogP contribution in [0.25, 0.3) is 0 Å². The highest BCUT2D eigenvalue weighted by Crippen LogP contribution is 2.21. The van der Waals surface area contributed by atoms with Crippen molar-refractivity contribution in [2.45, 2.75) is 51.2 Å². The van der Waals surface area contributed by atoms with Crippen LogP contribution in [-0.2, 0) is 14.3 Å². The van der Waals surface area contributed by atoms with Crippen LogP contribution in [0.4, 0.5) is 0 Å². The van der Waals surface area contributed by atoms with Gasteiger partial charge in [-0.15, -0.1) is 0 Å². The second kappa shape index (κ2) is 6.36. The Hall–Kier alpha value is -0.610. The zero-order chi connectivity index (χ0) is 12.1. The first-order chi connectivity index (χ1) is 8.29. The van der Waals surface area contributed by atoms with E-state index >= 15 is 0 Å². The van der Waals surface area contributed by atoms with Crippen molar-refractivity contribution in [3.05, 3.63) is 0 Å². The zero-order valence-electron chi connectivity index (χ0n) is 10.7. The number of hydrogen-bond donors (Lipinski definition) is 0. The molecule has 0 aromatic carbocycles. The summed E-state index contributed by atoms with van der Waals surface area (Å²) in [5.74, 6) is -0.157. The van der Waals surface area contributed by atoms with Crippen LogP contribution in [0.1, 0.15) is 39.0 Å². The number of rotatable bonds is 3. The number of ether oxygens (including phenoxy) is 2. The maximum Gasteiger partial charge on any atom is 0.336 e. The normalized spacial score (nSPS) is 27.9. The molecule has 4 nitrogen and oxygen atoms in total. The molecule has 0 amide bonds. The molecule has 0 aromatic rings. The fourth-order valence-electron chi connectivity index (χ4n) is 2.56. The minimum absolute atomic E-state index is 0.136. The molecule has 1 saturated carbocycles. The number of likely N-dealkylation sites (N-methyl/N-ethyl adjacent to an activating group) is 1. The summed E-state index contributed by atoms with van der Waals surface area (Å²) < 4.78 is 11.0. The Morgan fingerprint density at radius 1 is 1.35 bits per heavy atom. The molecule has 1 aliphatic heterocycles. The summed E-state index contributed by atoms with van der Waals surface area (Å²) in [6, 6.07) is 0. The van der Waals surface area contributed by atoms with Gasteiger partial charge in [0.2, 0.25) is 0 Å². The van der Waals surface area contributed by atoms with E-state index in [0.717, 1.165) is 25.9 Å². The van der Waals surface area contributed by atoms with Gasteiger partial charge in [-0.05, 0) is 32.2 Å². The third-order valence-electron chi connectivity index (χ3n) is 3.70. The minimum atomic E-state index is -0.370. The van der Waals surface area contributed by atoms with Gasteiger partial charge < -0.3 is 9.47 Å². The molecule has 0 radical (unpaired) electrons. The molecule has 2 rings (SSSR count). The maximum atomic E-state index is 12.0. The number of hydrogen-bond acceptors (Lipinski definition) is 4. The van der Waals surface area contributed by atoms with E-state index in [0.29, 0.717) is 13.2 Å². The number of carbonyl (C=O) groups is 1. The predicted molar refractivity (Wildman–Crippen MR) is 64.8 cm³/mol. The molecule has 1 saturated heterocycles. The third kappa shape index (κ3) is 3.68. The Balaban J connectivity index is 1.78. The van der Waals surface area contributed by atoms with E-state index in [4.69, 9.17) is 9.47 Å². The van der Waals surface area contributed by atoms with Gasteiger partial charge in [-0.2, -0.15) is 0 Å². The van der Waals surface area contributed by atoms with Crippen molar-refractivity contribution >= 4 is 5.97 Å². The zero-order valence-corrected chi connectivity index (χ0v) is 10.7. The van der Waals surface area contributed by atoms with Crippen LogP contribution in [0, 0.1) is 0 Å². The van der Waals surface area contributed by atoms with Crippen molar-refractivity contribution < 1.29 is 14.3 Å². The van der Waals surface area contributed by atoms with E-state index in [1.165, 1.54) is 19.3 Å². The Bertz CT molecular complexity index is 251. The first kappa shape index (κ1) is 12.8. The Labute approximate surface area is 103 Å².